The van der Waals surface area contributed by atoms with E-state index in [4.69, 9.17) is 0 Å². The third kappa shape index (κ3) is 6.33. The van der Waals surface area contributed by atoms with Gasteiger partial charge < -0.3 is 9.80 Å². The molecule has 8 rings (SSSR count). The zero-order valence-corrected chi connectivity index (χ0v) is 30.4. The van der Waals surface area contributed by atoms with E-state index < -0.39 is 0 Å². The number of fused-ring (bicyclic) bond motifs is 2. The summed E-state index contributed by atoms with van der Waals surface area (Å²) in [5, 5.41) is 4.94. The molecule has 0 N–H and O–H groups in total. The average Bonchev–Trinajstić information content (AvgIpc) is 3.18. The minimum absolute atomic E-state index is 0.221. The molecule has 0 saturated heterocycles. The molecule has 0 aliphatic heterocycles. The van der Waals surface area contributed by atoms with Crippen LogP contribution in [0.25, 0.3) is 54.9 Å². The SMILES string of the molecule is CC(C)N(c1ccccc1)c1cc2cc(-c3cccc(N(c4c(-c5ccccc5)ccc5ccccc45)C(C)C)c3)ccc2cc1-c1ccccc1. The van der Waals surface area contributed by atoms with Gasteiger partial charge in [-0.2, -0.15) is 0 Å². The molecule has 52 heavy (non-hydrogen) atoms. The number of benzene rings is 8. The minimum Gasteiger partial charge on any atom is -0.338 e. The van der Waals surface area contributed by atoms with E-state index >= 15 is 0 Å². The molecule has 0 aromatic heterocycles. The number of rotatable bonds is 9. The van der Waals surface area contributed by atoms with E-state index in [0.717, 1.165) is 0 Å². The second-order valence-corrected chi connectivity index (χ2v) is 14.2. The Hall–Kier alpha value is -6.12. The normalized spacial score (nSPS) is 11.4. The molecule has 0 fully saturated rings. The van der Waals surface area contributed by atoms with Crippen LogP contribution in [0, 0.1) is 0 Å². The first kappa shape index (κ1) is 33.0. The van der Waals surface area contributed by atoms with Crippen LogP contribution in [0.4, 0.5) is 22.7 Å². The molecule has 0 bridgehead atoms. The third-order valence-corrected chi connectivity index (χ3v) is 10.1. The Morgan fingerprint density at radius 3 is 1.60 bits per heavy atom. The molecule has 0 aliphatic rings. The van der Waals surface area contributed by atoms with Gasteiger partial charge >= 0.3 is 0 Å². The lowest BCUT2D eigenvalue weighted by molar-refractivity contribution is 0.790. The summed E-state index contributed by atoms with van der Waals surface area (Å²) in [6.45, 7) is 9.12. The molecular weight excluding hydrogens is 629 g/mol. The van der Waals surface area contributed by atoms with E-state index in [2.05, 4.69) is 219 Å². The largest absolute Gasteiger partial charge is 0.338 e. The van der Waals surface area contributed by atoms with Gasteiger partial charge in [-0.25, -0.2) is 0 Å². The van der Waals surface area contributed by atoms with Gasteiger partial charge in [-0.3, -0.25) is 0 Å². The summed E-state index contributed by atoms with van der Waals surface area (Å²) in [6, 6.07) is 66.8. The standard InChI is InChI=1S/C50H44N2/c1-35(2)51(44-23-12-7-13-24-44)49-34-43-31-41(27-28-42(43)33-48(49)38-19-10-6-11-20-38)40-22-16-25-45(32-40)52(36(3)4)50-46-26-15-14-21-39(46)29-30-47(50)37-17-8-5-9-18-37/h5-36H,1-4H3. The van der Waals surface area contributed by atoms with Crippen molar-refractivity contribution in [1.29, 1.82) is 0 Å². The van der Waals surface area contributed by atoms with Crippen LogP contribution in [0.2, 0.25) is 0 Å². The Kier molecular flexibility index (Phi) is 9.05. The molecule has 0 radical (unpaired) electrons. The summed E-state index contributed by atoms with van der Waals surface area (Å²) >= 11 is 0. The first-order chi connectivity index (χ1) is 25.5. The lowest BCUT2D eigenvalue weighted by Gasteiger charge is -2.33. The van der Waals surface area contributed by atoms with Crippen LogP contribution in [-0.2, 0) is 0 Å². The molecular formula is C50H44N2. The predicted molar refractivity (Wildman–Crippen MR) is 225 cm³/mol. The molecule has 0 unspecified atom stereocenters. The van der Waals surface area contributed by atoms with Gasteiger partial charge in [0.2, 0.25) is 0 Å². The highest BCUT2D eigenvalue weighted by atomic mass is 15.2. The lowest BCUT2D eigenvalue weighted by Crippen LogP contribution is -2.26. The highest BCUT2D eigenvalue weighted by Crippen LogP contribution is 2.44. The van der Waals surface area contributed by atoms with Crippen LogP contribution in [-0.4, -0.2) is 12.1 Å². The van der Waals surface area contributed by atoms with Crippen LogP contribution in [0.3, 0.4) is 0 Å². The Balaban J connectivity index is 1.27. The van der Waals surface area contributed by atoms with Gasteiger partial charge in [-0.1, -0.05) is 140 Å². The first-order valence-electron chi connectivity index (χ1n) is 18.4. The second-order valence-electron chi connectivity index (χ2n) is 14.2. The van der Waals surface area contributed by atoms with Crippen LogP contribution < -0.4 is 9.80 Å². The van der Waals surface area contributed by atoms with Crippen molar-refractivity contribution in [2.75, 3.05) is 9.80 Å². The molecule has 0 saturated carbocycles. The molecule has 8 aromatic carbocycles. The van der Waals surface area contributed by atoms with E-state index in [1.807, 2.05) is 0 Å². The summed E-state index contributed by atoms with van der Waals surface area (Å²) in [5.41, 5.74) is 12.1. The van der Waals surface area contributed by atoms with Crippen LogP contribution in [0.15, 0.2) is 182 Å². The molecule has 2 nitrogen and oxygen atoms in total. The fraction of sp³-hybridized carbons (Fsp3) is 0.120. The van der Waals surface area contributed by atoms with E-state index in [-0.39, 0.29) is 12.1 Å². The maximum Gasteiger partial charge on any atom is 0.0572 e. The highest BCUT2D eigenvalue weighted by Gasteiger charge is 2.22. The van der Waals surface area contributed by atoms with Gasteiger partial charge in [-0.05, 0) is 109 Å². The van der Waals surface area contributed by atoms with Gasteiger partial charge in [-0.15, -0.1) is 0 Å². The van der Waals surface area contributed by atoms with Crippen molar-refractivity contribution in [3.8, 4) is 33.4 Å². The summed E-state index contributed by atoms with van der Waals surface area (Å²) < 4.78 is 0. The Labute approximate surface area is 308 Å². The summed E-state index contributed by atoms with van der Waals surface area (Å²) in [5.74, 6) is 0. The maximum absolute atomic E-state index is 2.51. The molecule has 0 atom stereocenters. The predicted octanol–water partition coefficient (Wildman–Crippen LogP) is 14.1. The summed E-state index contributed by atoms with van der Waals surface area (Å²) in [4.78, 5) is 4.98. The minimum atomic E-state index is 0.221. The fourth-order valence-electron chi connectivity index (χ4n) is 7.70. The number of hydrogen-bond acceptors (Lipinski definition) is 2. The topological polar surface area (TPSA) is 6.48 Å². The smallest absolute Gasteiger partial charge is 0.0572 e. The van der Waals surface area contributed by atoms with Crippen LogP contribution in [0.5, 0.6) is 0 Å². The van der Waals surface area contributed by atoms with Crippen molar-refractivity contribution in [2.24, 2.45) is 0 Å². The lowest BCUT2D eigenvalue weighted by atomic mass is 9.94. The Morgan fingerprint density at radius 1 is 0.346 bits per heavy atom. The summed E-state index contributed by atoms with van der Waals surface area (Å²) in [6.07, 6.45) is 0. The van der Waals surface area contributed by atoms with Crippen molar-refractivity contribution in [3.63, 3.8) is 0 Å². The van der Waals surface area contributed by atoms with E-state index in [1.165, 1.54) is 77.7 Å². The van der Waals surface area contributed by atoms with Gasteiger partial charge in [0.15, 0.2) is 0 Å². The first-order valence-corrected chi connectivity index (χ1v) is 18.4. The van der Waals surface area contributed by atoms with Crippen molar-refractivity contribution >= 4 is 44.3 Å². The van der Waals surface area contributed by atoms with E-state index in [1.54, 1.807) is 0 Å². The van der Waals surface area contributed by atoms with Gasteiger partial charge in [0.1, 0.15) is 0 Å². The van der Waals surface area contributed by atoms with Gasteiger partial charge in [0.25, 0.3) is 0 Å². The number of nitrogens with zero attached hydrogens (tertiary/aromatic N) is 2. The molecule has 0 heterocycles. The highest BCUT2D eigenvalue weighted by molar-refractivity contribution is 6.04. The van der Waals surface area contributed by atoms with Crippen LogP contribution in [0.1, 0.15) is 27.7 Å². The van der Waals surface area contributed by atoms with Crippen molar-refractivity contribution in [1.82, 2.24) is 0 Å². The van der Waals surface area contributed by atoms with Crippen LogP contribution >= 0.6 is 0 Å². The fourth-order valence-corrected chi connectivity index (χ4v) is 7.70. The maximum atomic E-state index is 2.51. The number of hydrogen-bond donors (Lipinski definition) is 0. The molecule has 0 spiro atoms. The third-order valence-electron chi connectivity index (χ3n) is 10.1. The number of para-hydroxylation sites is 1. The quantitative estimate of drug-likeness (QED) is 0.151. The molecule has 2 heteroatoms. The monoisotopic (exact) mass is 672 g/mol. The summed E-state index contributed by atoms with van der Waals surface area (Å²) in [7, 11) is 0. The second kappa shape index (κ2) is 14.2. The number of anilines is 4. The Bertz CT molecular complexity index is 2470. The van der Waals surface area contributed by atoms with Crippen molar-refractivity contribution in [2.45, 2.75) is 39.8 Å². The zero-order valence-electron chi connectivity index (χ0n) is 30.4. The molecule has 254 valence electrons. The average molecular weight is 673 g/mol. The zero-order chi connectivity index (χ0) is 35.6. The van der Waals surface area contributed by atoms with Gasteiger partial charge in [0, 0.05) is 45.7 Å². The van der Waals surface area contributed by atoms with Gasteiger partial charge in [0.05, 0.1) is 5.69 Å². The van der Waals surface area contributed by atoms with E-state index in [0.29, 0.717) is 0 Å². The Morgan fingerprint density at radius 2 is 0.904 bits per heavy atom. The van der Waals surface area contributed by atoms with Crippen molar-refractivity contribution in [3.05, 3.63) is 182 Å². The molecule has 0 aliphatic carbocycles. The van der Waals surface area contributed by atoms with E-state index in [9.17, 15) is 0 Å². The molecule has 0 amide bonds. The molecule has 8 aromatic rings. The van der Waals surface area contributed by atoms with Crippen molar-refractivity contribution < 1.29 is 0 Å².